The van der Waals surface area contributed by atoms with Gasteiger partial charge in [-0.1, -0.05) is 44.9 Å². The first-order valence-corrected chi connectivity index (χ1v) is 10.1. The molecule has 0 aliphatic rings. The highest BCUT2D eigenvalue weighted by molar-refractivity contribution is 5.81. The highest BCUT2D eigenvalue weighted by Gasteiger charge is 2.37. The van der Waals surface area contributed by atoms with E-state index in [0.717, 1.165) is 39.3 Å². The van der Waals surface area contributed by atoms with Gasteiger partial charge in [-0.3, -0.25) is 4.79 Å². The summed E-state index contributed by atoms with van der Waals surface area (Å²) < 4.78 is 4.23. The molecule has 9 heteroatoms. The molecule has 4 atom stereocenters. The van der Waals surface area contributed by atoms with Gasteiger partial charge in [-0.2, -0.15) is 0 Å². The second-order valence-electron chi connectivity index (χ2n) is 6.97. The van der Waals surface area contributed by atoms with E-state index < -0.39 is 36.3 Å². The molecular formula is C19H38N2O7. The van der Waals surface area contributed by atoms with E-state index >= 15 is 0 Å². The van der Waals surface area contributed by atoms with Crippen LogP contribution in [0.2, 0.25) is 0 Å². The van der Waals surface area contributed by atoms with Crippen molar-refractivity contribution in [3.05, 3.63) is 0 Å². The monoisotopic (exact) mass is 406 g/mol. The van der Waals surface area contributed by atoms with Crippen LogP contribution in [-0.2, 0) is 14.3 Å². The Balaban J connectivity index is 3.78. The molecule has 0 spiro atoms. The smallest absolute Gasteiger partial charge is 0.337 e. The first-order chi connectivity index (χ1) is 13.4. The first-order valence-electron chi connectivity index (χ1n) is 10.1. The lowest BCUT2D eigenvalue weighted by Crippen LogP contribution is -2.52. The Labute approximate surface area is 167 Å². The molecule has 0 rings (SSSR count). The number of rotatable bonds is 17. The fourth-order valence-electron chi connectivity index (χ4n) is 2.77. The zero-order chi connectivity index (χ0) is 21.4. The van der Waals surface area contributed by atoms with Gasteiger partial charge in [0.2, 0.25) is 0 Å². The maximum Gasteiger partial charge on any atom is 0.337 e. The lowest BCUT2D eigenvalue weighted by Gasteiger charge is -2.24. The number of unbranched alkanes of at least 4 members (excludes halogenated alkanes) is 8. The number of carbonyl (C=O) groups is 2. The largest absolute Gasteiger partial charge is 0.467 e. The summed E-state index contributed by atoms with van der Waals surface area (Å²) in [6.07, 6.45) is 2.03. The van der Waals surface area contributed by atoms with Crippen molar-refractivity contribution < 1.29 is 34.8 Å². The maximum absolute atomic E-state index is 11.8. The van der Waals surface area contributed by atoms with E-state index in [9.17, 15) is 30.0 Å². The van der Waals surface area contributed by atoms with Crippen LogP contribution in [0.25, 0.3) is 0 Å². The second-order valence-corrected chi connectivity index (χ2v) is 6.97. The Morgan fingerprint density at radius 1 is 0.750 bits per heavy atom. The molecule has 0 radical (unpaired) electrons. The van der Waals surface area contributed by atoms with Gasteiger partial charge in [0.1, 0.15) is 12.2 Å². The van der Waals surface area contributed by atoms with Crippen LogP contribution in [0, 0.1) is 0 Å². The van der Waals surface area contributed by atoms with E-state index in [1.54, 1.807) is 0 Å². The van der Waals surface area contributed by atoms with Crippen LogP contribution < -0.4 is 10.6 Å². The molecule has 6 N–H and O–H groups in total. The maximum atomic E-state index is 11.8. The van der Waals surface area contributed by atoms with Crippen molar-refractivity contribution in [3.63, 3.8) is 0 Å². The quantitative estimate of drug-likeness (QED) is 0.139. The molecule has 0 saturated heterocycles. The van der Waals surface area contributed by atoms with Crippen LogP contribution >= 0.6 is 0 Å². The molecule has 28 heavy (non-hydrogen) atoms. The van der Waals surface area contributed by atoms with Crippen LogP contribution in [0.3, 0.4) is 0 Å². The molecule has 166 valence electrons. The van der Waals surface area contributed by atoms with Gasteiger partial charge in [0, 0.05) is 6.54 Å². The minimum absolute atomic E-state index is 0.336. The molecule has 0 bridgehead atoms. The standard InChI is InChI=1S/C19H38N2O7/c1-20-12-10-8-6-4-3-5-7-9-11-13-21-18(26)16(24)14(22)15(23)17(25)19(27)28-2/h14-17,20,22-25H,3-13H2,1-2H3,(H,21,26)/t14-,15+,16+,17-/m1/s1. The molecule has 0 heterocycles. The number of hydrogen-bond donors (Lipinski definition) is 6. The Hall–Kier alpha value is -1.26. The van der Waals surface area contributed by atoms with Gasteiger partial charge >= 0.3 is 5.97 Å². The second kappa shape index (κ2) is 16.7. The molecular weight excluding hydrogens is 368 g/mol. The summed E-state index contributed by atoms with van der Waals surface area (Å²) in [6.45, 7) is 1.41. The zero-order valence-electron chi connectivity index (χ0n) is 17.1. The third-order valence-electron chi connectivity index (χ3n) is 4.61. The minimum Gasteiger partial charge on any atom is -0.467 e. The number of esters is 1. The van der Waals surface area contributed by atoms with E-state index in [0.29, 0.717) is 6.54 Å². The number of ether oxygens (including phenoxy) is 1. The van der Waals surface area contributed by atoms with Gasteiger partial charge in [-0.25, -0.2) is 4.79 Å². The number of nitrogens with one attached hydrogen (secondary N) is 2. The lowest BCUT2D eigenvalue weighted by molar-refractivity contribution is -0.169. The van der Waals surface area contributed by atoms with Crippen molar-refractivity contribution >= 4 is 11.9 Å². The van der Waals surface area contributed by atoms with Crippen molar-refractivity contribution in [1.29, 1.82) is 0 Å². The summed E-state index contributed by atoms with van der Waals surface area (Å²) in [4.78, 5) is 22.9. The van der Waals surface area contributed by atoms with E-state index in [1.807, 2.05) is 7.05 Å². The topological polar surface area (TPSA) is 148 Å². The van der Waals surface area contributed by atoms with Crippen LogP contribution in [0.5, 0.6) is 0 Å². The van der Waals surface area contributed by atoms with Crippen LogP contribution in [0.15, 0.2) is 0 Å². The van der Waals surface area contributed by atoms with Gasteiger partial charge in [-0.15, -0.1) is 0 Å². The summed E-state index contributed by atoms with van der Waals surface area (Å²) >= 11 is 0. The Morgan fingerprint density at radius 2 is 1.18 bits per heavy atom. The van der Waals surface area contributed by atoms with Gasteiger partial charge in [0.25, 0.3) is 5.91 Å². The van der Waals surface area contributed by atoms with E-state index in [4.69, 9.17) is 0 Å². The van der Waals surface area contributed by atoms with Crippen molar-refractivity contribution in [2.24, 2.45) is 0 Å². The van der Waals surface area contributed by atoms with E-state index in [2.05, 4.69) is 15.4 Å². The first kappa shape index (κ1) is 26.7. The summed E-state index contributed by atoms with van der Waals surface area (Å²) in [5.41, 5.74) is 0. The Bertz CT molecular complexity index is 423. The van der Waals surface area contributed by atoms with Crippen molar-refractivity contribution in [1.82, 2.24) is 10.6 Å². The number of aliphatic hydroxyl groups is 4. The van der Waals surface area contributed by atoms with Gasteiger partial charge in [0.15, 0.2) is 12.2 Å². The molecule has 1 amide bonds. The van der Waals surface area contributed by atoms with Gasteiger partial charge in [0.05, 0.1) is 7.11 Å². The molecule has 0 aromatic heterocycles. The SMILES string of the molecule is CNCCCCCCCCCCCNC(=O)[C@@H](O)[C@H](O)[C@H](O)[C@@H](O)C(=O)OC. The highest BCUT2D eigenvalue weighted by atomic mass is 16.5. The lowest BCUT2D eigenvalue weighted by atomic mass is 10.0. The summed E-state index contributed by atoms with van der Waals surface area (Å²) in [5.74, 6) is -2.04. The van der Waals surface area contributed by atoms with Gasteiger partial charge in [-0.05, 0) is 26.4 Å². The highest BCUT2D eigenvalue weighted by Crippen LogP contribution is 2.10. The average Bonchev–Trinajstić information content (AvgIpc) is 2.71. The minimum atomic E-state index is -2.05. The van der Waals surface area contributed by atoms with Gasteiger partial charge < -0.3 is 35.8 Å². The van der Waals surface area contributed by atoms with Crippen LogP contribution in [0.4, 0.5) is 0 Å². The molecule has 0 fully saturated rings. The van der Waals surface area contributed by atoms with E-state index in [-0.39, 0.29) is 0 Å². The number of carbonyl (C=O) groups excluding carboxylic acids is 2. The fraction of sp³-hybridized carbons (Fsp3) is 0.895. The van der Waals surface area contributed by atoms with Crippen LogP contribution in [0.1, 0.15) is 57.8 Å². The molecule has 0 aromatic carbocycles. The number of hydrogen-bond acceptors (Lipinski definition) is 8. The van der Waals surface area contributed by atoms with Crippen molar-refractivity contribution in [2.45, 2.75) is 82.2 Å². The summed E-state index contributed by atoms with van der Waals surface area (Å²) in [6, 6.07) is 0. The predicted octanol–water partition coefficient (Wildman–Crippen LogP) is -0.550. The molecule has 0 aromatic rings. The molecule has 0 unspecified atom stereocenters. The average molecular weight is 407 g/mol. The van der Waals surface area contributed by atoms with Crippen molar-refractivity contribution in [3.8, 4) is 0 Å². The Kier molecular flexibility index (Phi) is 15.9. The third kappa shape index (κ3) is 11.6. The number of amides is 1. The molecule has 0 saturated carbocycles. The fourth-order valence-corrected chi connectivity index (χ4v) is 2.77. The predicted molar refractivity (Wildman–Crippen MR) is 105 cm³/mol. The summed E-state index contributed by atoms with van der Waals surface area (Å²) in [5, 5.41) is 44.2. The van der Waals surface area contributed by atoms with Crippen LogP contribution in [-0.4, -0.2) is 84.0 Å². The summed E-state index contributed by atoms with van der Waals surface area (Å²) in [7, 11) is 2.96. The number of methoxy groups -OCH3 is 1. The van der Waals surface area contributed by atoms with E-state index in [1.165, 1.54) is 32.1 Å². The normalized spacial score (nSPS) is 15.5. The molecule has 0 aliphatic heterocycles. The number of aliphatic hydroxyl groups excluding tert-OH is 4. The third-order valence-corrected chi connectivity index (χ3v) is 4.61. The Morgan fingerprint density at radius 3 is 1.64 bits per heavy atom. The van der Waals surface area contributed by atoms with Crippen molar-refractivity contribution in [2.75, 3.05) is 27.2 Å². The molecule has 9 nitrogen and oxygen atoms in total. The molecule has 0 aliphatic carbocycles. The zero-order valence-corrected chi connectivity index (χ0v) is 17.1.